The van der Waals surface area contributed by atoms with Crippen LogP contribution in [0.15, 0.2) is 53.6 Å². The molecule has 2 aromatic carbocycles. The number of amides is 1. The highest BCUT2D eigenvalue weighted by molar-refractivity contribution is 5.97. The molecule has 0 saturated heterocycles. The minimum Gasteiger partial charge on any atom is -0.454 e. The average molecular weight is 351 g/mol. The molecule has 0 spiro atoms. The molecule has 2 N–H and O–H groups in total. The summed E-state index contributed by atoms with van der Waals surface area (Å²) in [6, 6.07) is 13.5. The maximum Gasteiger partial charge on any atom is 0.259 e. The average Bonchev–Trinajstić information content (AvgIpc) is 3.12. The summed E-state index contributed by atoms with van der Waals surface area (Å²) in [5.74, 6) is 1.28. The van der Waals surface area contributed by atoms with Gasteiger partial charge in [-0.15, -0.1) is 0 Å². The number of aryl methyl sites for hydroxylation is 1. The second-order valence-corrected chi connectivity index (χ2v) is 5.90. The molecular weight excluding hydrogens is 330 g/mol. The fourth-order valence-electron chi connectivity index (χ4n) is 2.41. The molecule has 0 saturated carbocycles. The van der Waals surface area contributed by atoms with Gasteiger partial charge in [0.25, 0.3) is 5.91 Å². The smallest absolute Gasteiger partial charge is 0.259 e. The van der Waals surface area contributed by atoms with Crippen molar-refractivity contribution in [2.75, 3.05) is 18.7 Å². The maximum atomic E-state index is 11.9. The minimum absolute atomic E-state index is 0.160. The largest absolute Gasteiger partial charge is 0.454 e. The number of hydrogen-bond donors (Lipinski definition) is 2. The number of nitrogens with one attached hydrogen (secondary N) is 2. The molecule has 0 atom stereocenters. The first-order chi connectivity index (χ1) is 12.6. The highest BCUT2D eigenvalue weighted by atomic mass is 16.7. The molecule has 1 aliphatic heterocycles. The van der Waals surface area contributed by atoms with Crippen molar-refractivity contribution in [1.82, 2.24) is 5.43 Å². The molecule has 6 nitrogen and oxygen atoms in total. The van der Waals surface area contributed by atoms with Crippen molar-refractivity contribution in [2.24, 2.45) is 5.10 Å². The van der Waals surface area contributed by atoms with Crippen LogP contribution in [-0.4, -0.2) is 25.0 Å². The van der Waals surface area contributed by atoms with Gasteiger partial charge >= 0.3 is 0 Å². The standard InChI is InChI=1S/C20H21N3O3/c1-14-5-3-4-6-17(14)21-12-20(24)23-22-15(2)7-8-16-9-10-18-19(11-16)26-13-25-18/h3-11,21H,12-13H2,1-2H3,(H,23,24). The van der Waals surface area contributed by atoms with Crippen molar-refractivity contribution in [3.63, 3.8) is 0 Å². The number of hydrazone groups is 1. The Bertz CT molecular complexity index is 859. The van der Waals surface area contributed by atoms with Crippen LogP contribution in [0.3, 0.4) is 0 Å². The third kappa shape index (κ3) is 4.63. The molecule has 0 aromatic heterocycles. The number of nitrogens with zero attached hydrogens (tertiary/aromatic N) is 1. The molecule has 1 heterocycles. The van der Waals surface area contributed by atoms with Crippen molar-refractivity contribution in [1.29, 1.82) is 0 Å². The van der Waals surface area contributed by atoms with Gasteiger partial charge < -0.3 is 14.8 Å². The summed E-state index contributed by atoms with van der Waals surface area (Å²) in [7, 11) is 0. The van der Waals surface area contributed by atoms with E-state index in [2.05, 4.69) is 15.8 Å². The van der Waals surface area contributed by atoms with Crippen LogP contribution in [-0.2, 0) is 4.79 Å². The first-order valence-corrected chi connectivity index (χ1v) is 8.32. The normalized spacial score (nSPS) is 13.1. The number of anilines is 1. The van der Waals surface area contributed by atoms with Crippen LogP contribution in [0.5, 0.6) is 11.5 Å². The highest BCUT2D eigenvalue weighted by Gasteiger charge is 2.12. The second kappa shape index (κ2) is 8.20. The van der Waals surface area contributed by atoms with E-state index in [0.717, 1.165) is 28.3 Å². The molecule has 0 unspecified atom stereocenters. The van der Waals surface area contributed by atoms with Crippen LogP contribution in [0.4, 0.5) is 5.69 Å². The summed E-state index contributed by atoms with van der Waals surface area (Å²) in [5.41, 5.74) is 6.22. The zero-order valence-corrected chi connectivity index (χ0v) is 14.8. The van der Waals surface area contributed by atoms with Gasteiger partial charge in [-0.3, -0.25) is 4.79 Å². The zero-order chi connectivity index (χ0) is 18.4. The molecule has 0 fully saturated rings. The Morgan fingerprint density at radius 1 is 1.19 bits per heavy atom. The predicted molar refractivity (Wildman–Crippen MR) is 103 cm³/mol. The third-order valence-corrected chi connectivity index (χ3v) is 3.86. The van der Waals surface area contributed by atoms with Gasteiger partial charge in [0.2, 0.25) is 6.79 Å². The fourth-order valence-corrected chi connectivity index (χ4v) is 2.41. The number of ether oxygens (including phenoxy) is 2. The molecule has 1 aliphatic rings. The zero-order valence-electron chi connectivity index (χ0n) is 14.8. The van der Waals surface area contributed by atoms with Gasteiger partial charge in [0.1, 0.15) is 0 Å². The summed E-state index contributed by atoms with van der Waals surface area (Å²) >= 11 is 0. The van der Waals surface area contributed by atoms with Gasteiger partial charge in [-0.25, -0.2) is 5.43 Å². The first kappa shape index (κ1) is 17.5. The van der Waals surface area contributed by atoms with Gasteiger partial charge in [0.05, 0.1) is 12.3 Å². The number of carbonyl (C=O) groups excluding carboxylic acids is 1. The Morgan fingerprint density at radius 2 is 2.00 bits per heavy atom. The summed E-state index contributed by atoms with van der Waals surface area (Å²) in [6.45, 7) is 4.22. The van der Waals surface area contributed by atoms with Crippen molar-refractivity contribution in [3.8, 4) is 11.5 Å². The van der Waals surface area contributed by atoms with E-state index in [9.17, 15) is 4.79 Å². The number of hydrogen-bond acceptors (Lipinski definition) is 5. The Balaban J connectivity index is 1.50. The third-order valence-electron chi connectivity index (χ3n) is 3.86. The van der Waals surface area contributed by atoms with Crippen LogP contribution in [0, 0.1) is 6.92 Å². The number of benzene rings is 2. The highest BCUT2D eigenvalue weighted by Crippen LogP contribution is 2.32. The molecule has 1 amide bonds. The van der Waals surface area contributed by atoms with E-state index in [1.54, 1.807) is 0 Å². The van der Waals surface area contributed by atoms with E-state index in [0.29, 0.717) is 5.71 Å². The molecule has 3 rings (SSSR count). The molecule has 0 bridgehead atoms. The summed E-state index contributed by atoms with van der Waals surface area (Å²) in [6.07, 6.45) is 3.73. The van der Waals surface area contributed by atoms with Crippen molar-refractivity contribution >= 4 is 23.4 Å². The van der Waals surface area contributed by atoms with Crippen LogP contribution >= 0.6 is 0 Å². The van der Waals surface area contributed by atoms with Gasteiger partial charge in [-0.1, -0.05) is 30.3 Å². The predicted octanol–water partition coefficient (Wildman–Crippen LogP) is 3.34. The molecule has 6 heteroatoms. The lowest BCUT2D eigenvalue weighted by molar-refractivity contribution is -0.119. The fraction of sp³-hybridized carbons (Fsp3) is 0.200. The van der Waals surface area contributed by atoms with Crippen LogP contribution < -0.4 is 20.2 Å². The summed E-state index contributed by atoms with van der Waals surface area (Å²) in [5, 5.41) is 7.17. The summed E-state index contributed by atoms with van der Waals surface area (Å²) in [4.78, 5) is 11.9. The monoisotopic (exact) mass is 351 g/mol. The number of fused-ring (bicyclic) bond motifs is 1. The molecule has 134 valence electrons. The lowest BCUT2D eigenvalue weighted by Gasteiger charge is -2.08. The summed E-state index contributed by atoms with van der Waals surface area (Å²) < 4.78 is 10.6. The van der Waals surface area contributed by atoms with Crippen molar-refractivity contribution in [2.45, 2.75) is 13.8 Å². The van der Waals surface area contributed by atoms with Crippen LogP contribution in [0.2, 0.25) is 0 Å². The Morgan fingerprint density at radius 3 is 2.85 bits per heavy atom. The van der Waals surface area contributed by atoms with Gasteiger partial charge in [0, 0.05) is 5.69 Å². The van der Waals surface area contributed by atoms with E-state index >= 15 is 0 Å². The maximum absolute atomic E-state index is 11.9. The lowest BCUT2D eigenvalue weighted by atomic mass is 10.2. The van der Waals surface area contributed by atoms with Gasteiger partial charge in [-0.2, -0.15) is 5.10 Å². The Kier molecular flexibility index (Phi) is 5.53. The Hall–Kier alpha value is -3.28. The minimum atomic E-state index is -0.205. The van der Waals surface area contributed by atoms with Crippen LogP contribution in [0.1, 0.15) is 18.1 Å². The SMILES string of the molecule is CC(C=Cc1ccc2c(c1)OCO2)=NNC(=O)CNc1ccccc1C. The molecule has 26 heavy (non-hydrogen) atoms. The lowest BCUT2D eigenvalue weighted by Crippen LogP contribution is -2.26. The number of allylic oxidation sites excluding steroid dienone is 1. The van der Waals surface area contributed by atoms with Crippen LogP contribution in [0.25, 0.3) is 6.08 Å². The molecular formula is C20H21N3O3. The van der Waals surface area contributed by atoms with E-state index < -0.39 is 0 Å². The van der Waals surface area contributed by atoms with E-state index in [1.807, 2.05) is 68.5 Å². The van der Waals surface area contributed by atoms with Gasteiger partial charge in [-0.05, 0) is 49.2 Å². The Labute approximate surface area is 152 Å². The topological polar surface area (TPSA) is 72.0 Å². The van der Waals surface area contributed by atoms with Crippen molar-refractivity contribution < 1.29 is 14.3 Å². The number of para-hydroxylation sites is 1. The van der Waals surface area contributed by atoms with Crippen molar-refractivity contribution in [3.05, 3.63) is 59.7 Å². The quantitative estimate of drug-likeness (QED) is 0.618. The first-order valence-electron chi connectivity index (χ1n) is 8.32. The molecule has 0 radical (unpaired) electrons. The molecule has 0 aliphatic carbocycles. The number of rotatable bonds is 6. The van der Waals surface area contributed by atoms with Gasteiger partial charge in [0.15, 0.2) is 11.5 Å². The number of carbonyl (C=O) groups is 1. The second-order valence-electron chi connectivity index (χ2n) is 5.90. The molecule has 2 aromatic rings. The van der Waals surface area contributed by atoms with E-state index in [1.165, 1.54) is 0 Å². The van der Waals surface area contributed by atoms with E-state index in [-0.39, 0.29) is 19.2 Å². The van der Waals surface area contributed by atoms with E-state index in [4.69, 9.17) is 9.47 Å².